The van der Waals surface area contributed by atoms with E-state index in [4.69, 9.17) is 16.3 Å². The van der Waals surface area contributed by atoms with E-state index in [1.54, 1.807) is 31.2 Å². The maximum atomic E-state index is 12.7. The van der Waals surface area contributed by atoms with E-state index in [1.165, 1.54) is 34.4 Å². The van der Waals surface area contributed by atoms with Gasteiger partial charge in [-0.25, -0.2) is 4.79 Å². The van der Waals surface area contributed by atoms with Gasteiger partial charge in [0.15, 0.2) is 4.34 Å². The lowest BCUT2D eigenvalue weighted by Crippen LogP contribution is -2.16. The summed E-state index contributed by atoms with van der Waals surface area (Å²) < 4.78 is 5.81. The van der Waals surface area contributed by atoms with Crippen LogP contribution in [0, 0.1) is 0 Å². The lowest BCUT2D eigenvalue weighted by molar-refractivity contribution is -0.113. The summed E-state index contributed by atoms with van der Waals surface area (Å²) in [7, 11) is 0. The number of anilines is 2. The van der Waals surface area contributed by atoms with Crippen molar-refractivity contribution in [2.45, 2.75) is 43.4 Å². The highest BCUT2D eigenvalue weighted by molar-refractivity contribution is 8.01. The van der Waals surface area contributed by atoms with Crippen molar-refractivity contribution in [1.29, 1.82) is 0 Å². The molecule has 0 saturated heterocycles. The molecule has 0 spiro atoms. The van der Waals surface area contributed by atoms with Gasteiger partial charge in [0, 0.05) is 15.5 Å². The monoisotopic (exact) mass is 550 g/mol. The maximum absolute atomic E-state index is 12.7. The number of carbonyl (C=O) groups excluding carboxylic acids is 3. The fraction of sp³-hybridized carbons (Fsp3) is 0.348. The fourth-order valence-corrected chi connectivity index (χ4v) is 6.60. The number of hydrogen-bond acceptors (Lipinski definition) is 9. The van der Waals surface area contributed by atoms with E-state index in [2.05, 4.69) is 20.8 Å². The first-order valence-electron chi connectivity index (χ1n) is 11.1. The molecular weight excluding hydrogens is 528 g/mol. The van der Waals surface area contributed by atoms with Gasteiger partial charge in [-0.15, -0.1) is 21.5 Å². The molecule has 2 aromatic heterocycles. The molecule has 0 bridgehead atoms. The normalized spacial score (nSPS) is 13.0. The first-order valence-corrected chi connectivity index (χ1v) is 14.1. The first kappa shape index (κ1) is 25.6. The first-order chi connectivity index (χ1) is 16.9. The zero-order valence-corrected chi connectivity index (χ0v) is 22.1. The Morgan fingerprint density at radius 1 is 1.06 bits per heavy atom. The SMILES string of the molecule is CCOC(=O)c1c(NC(=O)CSc2nnc(NC(=O)c3ccc(Cl)cc3)s2)sc2c1CCCCC2. The largest absolute Gasteiger partial charge is 0.462 e. The molecule has 0 saturated carbocycles. The fourth-order valence-electron chi connectivity index (χ4n) is 3.63. The maximum Gasteiger partial charge on any atom is 0.341 e. The minimum absolute atomic E-state index is 0.0879. The molecule has 0 radical (unpaired) electrons. The van der Waals surface area contributed by atoms with Crippen LogP contribution in [-0.2, 0) is 22.4 Å². The molecule has 1 aromatic carbocycles. The number of ether oxygens (including phenoxy) is 1. The van der Waals surface area contributed by atoms with Crippen LogP contribution in [0.15, 0.2) is 28.6 Å². The van der Waals surface area contributed by atoms with Crippen molar-refractivity contribution in [2.24, 2.45) is 0 Å². The number of fused-ring (bicyclic) bond motifs is 1. The molecule has 2 heterocycles. The average molecular weight is 551 g/mol. The second-order valence-electron chi connectivity index (χ2n) is 7.66. The van der Waals surface area contributed by atoms with Gasteiger partial charge in [-0.2, -0.15) is 0 Å². The molecule has 12 heteroatoms. The molecule has 0 atom stereocenters. The second-order valence-corrected chi connectivity index (χ2v) is 11.4. The van der Waals surface area contributed by atoms with Crippen LogP contribution in [0.5, 0.6) is 0 Å². The number of amides is 2. The molecule has 0 aliphatic heterocycles. The summed E-state index contributed by atoms with van der Waals surface area (Å²) in [4.78, 5) is 38.8. The number of aryl methyl sites for hydroxylation is 1. The summed E-state index contributed by atoms with van der Waals surface area (Å²) in [6.45, 7) is 2.05. The van der Waals surface area contributed by atoms with Crippen molar-refractivity contribution in [2.75, 3.05) is 23.0 Å². The van der Waals surface area contributed by atoms with E-state index in [0.717, 1.165) is 42.5 Å². The number of carbonyl (C=O) groups is 3. The minimum atomic E-state index is -0.389. The number of esters is 1. The quantitative estimate of drug-likeness (QED) is 0.161. The van der Waals surface area contributed by atoms with Gasteiger partial charge in [0.25, 0.3) is 5.91 Å². The van der Waals surface area contributed by atoms with E-state index in [1.807, 2.05) is 0 Å². The third-order valence-electron chi connectivity index (χ3n) is 5.21. The van der Waals surface area contributed by atoms with Gasteiger partial charge in [-0.3, -0.25) is 14.9 Å². The van der Waals surface area contributed by atoms with Crippen LogP contribution >= 0.6 is 46.0 Å². The van der Waals surface area contributed by atoms with Crippen LogP contribution in [0.25, 0.3) is 0 Å². The number of halogens is 1. The summed E-state index contributed by atoms with van der Waals surface area (Å²) in [6.07, 6.45) is 4.96. The molecular formula is C23H23ClN4O4S3. The number of benzene rings is 1. The van der Waals surface area contributed by atoms with Crippen molar-refractivity contribution in [3.8, 4) is 0 Å². The van der Waals surface area contributed by atoms with E-state index >= 15 is 0 Å². The molecule has 3 aromatic rings. The van der Waals surface area contributed by atoms with Gasteiger partial charge in [-0.1, -0.05) is 41.1 Å². The molecule has 1 aliphatic rings. The van der Waals surface area contributed by atoms with Crippen molar-refractivity contribution >= 4 is 74.0 Å². The molecule has 184 valence electrons. The van der Waals surface area contributed by atoms with Crippen LogP contribution in [0.2, 0.25) is 5.02 Å². The molecule has 0 unspecified atom stereocenters. The Bertz CT molecular complexity index is 1230. The molecule has 8 nitrogen and oxygen atoms in total. The second kappa shape index (κ2) is 12.0. The summed E-state index contributed by atoms with van der Waals surface area (Å²) in [5.74, 6) is -0.875. The highest BCUT2D eigenvalue weighted by Crippen LogP contribution is 2.38. The minimum Gasteiger partial charge on any atom is -0.462 e. The molecule has 2 N–H and O–H groups in total. The van der Waals surface area contributed by atoms with Crippen LogP contribution < -0.4 is 10.6 Å². The predicted molar refractivity (Wildman–Crippen MR) is 140 cm³/mol. The Labute approximate surface area is 219 Å². The van der Waals surface area contributed by atoms with Crippen molar-refractivity contribution in [3.05, 3.63) is 50.9 Å². The molecule has 4 rings (SSSR count). The van der Waals surface area contributed by atoms with E-state index in [9.17, 15) is 14.4 Å². The predicted octanol–water partition coefficient (Wildman–Crippen LogP) is 5.68. The number of rotatable bonds is 8. The number of thiophene rings is 1. The van der Waals surface area contributed by atoms with Gasteiger partial charge < -0.3 is 10.1 Å². The average Bonchev–Trinajstić information content (AvgIpc) is 3.34. The van der Waals surface area contributed by atoms with Crippen LogP contribution in [0.3, 0.4) is 0 Å². The number of thioether (sulfide) groups is 1. The van der Waals surface area contributed by atoms with Gasteiger partial charge in [0.1, 0.15) is 5.00 Å². The number of aromatic nitrogens is 2. The van der Waals surface area contributed by atoms with Gasteiger partial charge in [0.2, 0.25) is 11.0 Å². The Balaban J connectivity index is 1.37. The Hall–Kier alpha value is -2.47. The Morgan fingerprint density at radius 3 is 2.60 bits per heavy atom. The van der Waals surface area contributed by atoms with E-state index < -0.39 is 0 Å². The topological polar surface area (TPSA) is 110 Å². The highest BCUT2D eigenvalue weighted by Gasteiger charge is 2.26. The zero-order chi connectivity index (χ0) is 24.8. The van der Waals surface area contributed by atoms with Gasteiger partial charge in [0.05, 0.1) is 17.9 Å². The third-order valence-corrected chi connectivity index (χ3v) is 8.65. The van der Waals surface area contributed by atoms with Crippen LogP contribution in [0.4, 0.5) is 10.1 Å². The van der Waals surface area contributed by atoms with Crippen molar-refractivity contribution in [1.82, 2.24) is 10.2 Å². The van der Waals surface area contributed by atoms with Crippen molar-refractivity contribution in [3.63, 3.8) is 0 Å². The van der Waals surface area contributed by atoms with Crippen LogP contribution in [0.1, 0.15) is 57.3 Å². The third kappa shape index (κ3) is 6.60. The van der Waals surface area contributed by atoms with Gasteiger partial charge >= 0.3 is 5.97 Å². The Morgan fingerprint density at radius 2 is 1.83 bits per heavy atom. The smallest absolute Gasteiger partial charge is 0.341 e. The number of nitrogens with one attached hydrogen (secondary N) is 2. The molecule has 2 amide bonds. The molecule has 1 aliphatic carbocycles. The standard InChI is InChI=1S/C23H23ClN4O4S3/c1-2-32-21(31)18-15-6-4-3-5-7-16(15)34-20(18)25-17(29)12-33-23-28-27-22(35-23)26-19(30)13-8-10-14(24)11-9-13/h8-11H,2-7,12H2,1H3,(H,25,29)(H,26,27,30). The number of nitrogens with zero attached hydrogens (tertiary/aromatic N) is 2. The Kier molecular flexibility index (Phi) is 8.77. The summed E-state index contributed by atoms with van der Waals surface area (Å²) in [5.41, 5.74) is 1.96. The summed E-state index contributed by atoms with van der Waals surface area (Å²) in [5, 5.41) is 15.0. The number of hydrogen-bond donors (Lipinski definition) is 2. The van der Waals surface area contributed by atoms with E-state index in [-0.39, 0.29) is 30.1 Å². The highest BCUT2D eigenvalue weighted by atomic mass is 35.5. The zero-order valence-electron chi connectivity index (χ0n) is 18.9. The molecule has 35 heavy (non-hydrogen) atoms. The van der Waals surface area contributed by atoms with Crippen molar-refractivity contribution < 1.29 is 19.1 Å². The summed E-state index contributed by atoms with van der Waals surface area (Å²) >= 11 is 9.70. The van der Waals surface area contributed by atoms with E-state index in [0.29, 0.717) is 30.6 Å². The summed E-state index contributed by atoms with van der Waals surface area (Å²) in [6, 6.07) is 6.51. The van der Waals surface area contributed by atoms with Crippen LogP contribution in [-0.4, -0.2) is 40.3 Å². The van der Waals surface area contributed by atoms with Gasteiger partial charge in [-0.05, 0) is 62.4 Å². The molecule has 0 fully saturated rings. The lowest BCUT2D eigenvalue weighted by atomic mass is 10.1. The lowest BCUT2D eigenvalue weighted by Gasteiger charge is -2.08.